The zero-order valence-electron chi connectivity index (χ0n) is 6.58. The third-order valence-corrected chi connectivity index (χ3v) is 1.52. The van der Waals surface area contributed by atoms with Gasteiger partial charge in [0.25, 0.3) is 0 Å². The van der Waals surface area contributed by atoms with Crippen LogP contribution in [-0.2, 0) is 4.79 Å². The number of carbonyl (C=O) groups excluding carboxylic acids is 1. The van der Waals surface area contributed by atoms with E-state index in [1.807, 2.05) is 0 Å². The van der Waals surface area contributed by atoms with E-state index in [0.29, 0.717) is 5.75 Å². The topological polar surface area (TPSA) is 26.3 Å². The maximum atomic E-state index is 12.8. The molecule has 0 fully saturated rings. The Morgan fingerprint density at radius 1 is 1.50 bits per heavy atom. The first-order valence-electron chi connectivity index (χ1n) is 3.44. The van der Waals surface area contributed by atoms with Crippen molar-refractivity contribution in [1.29, 1.82) is 0 Å². The van der Waals surface area contributed by atoms with Gasteiger partial charge in [-0.05, 0) is 6.07 Å². The normalized spacial score (nSPS) is 12.2. The number of para-hydroxylation sites is 1. The Kier molecular flexibility index (Phi) is 2.80. The first kappa shape index (κ1) is 8.71. The van der Waals surface area contributed by atoms with Gasteiger partial charge in [0.2, 0.25) is 6.29 Å². The van der Waals surface area contributed by atoms with Crippen molar-refractivity contribution in [2.24, 2.45) is 0 Å². The lowest BCUT2D eigenvalue weighted by molar-refractivity contribution is 0.372. The van der Waals surface area contributed by atoms with Crippen LogP contribution in [0.2, 0.25) is 0 Å². The van der Waals surface area contributed by atoms with Crippen LogP contribution in [-0.4, -0.2) is 13.4 Å². The van der Waals surface area contributed by atoms with Crippen LogP contribution < -0.4 is 4.74 Å². The lowest BCUT2D eigenvalue weighted by atomic mass is 10.1. The predicted octanol–water partition coefficient (Wildman–Crippen LogP) is 1.82. The summed E-state index contributed by atoms with van der Waals surface area (Å²) in [6, 6.07) is 6.44. The number of ether oxygens (including phenoxy) is 1. The minimum atomic E-state index is -1.72. The van der Waals surface area contributed by atoms with E-state index < -0.39 is 6.17 Å². The third kappa shape index (κ3) is 1.61. The van der Waals surface area contributed by atoms with E-state index in [0.717, 1.165) is 0 Å². The summed E-state index contributed by atoms with van der Waals surface area (Å²) in [6.45, 7) is 0. The molecule has 0 heterocycles. The minimum absolute atomic E-state index is 0.218. The van der Waals surface area contributed by atoms with E-state index in [4.69, 9.17) is 4.74 Å². The van der Waals surface area contributed by atoms with Crippen molar-refractivity contribution >= 4 is 6.29 Å². The van der Waals surface area contributed by atoms with Crippen molar-refractivity contribution in [3.63, 3.8) is 0 Å². The monoisotopic (exact) mass is 167 g/mol. The molecule has 0 aromatic heterocycles. The van der Waals surface area contributed by atoms with E-state index in [2.05, 4.69) is 0 Å². The molecular weight excluding hydrogens is 159 g/mol. The molecule has 0 amide bonds. The highest BCUT2D eigenvalue weighted by molar-refractivity contribution is 5.62. The molecule has 12 heavy (non-hydrogen) atoms. The third-order valence-electron chi connectivity index (χ3n) is 1.52. The SMILES string of the molecule is COc1ccccc1C(F)[C]=O. The van der Waals surface area contributed by atoms with Crippen LogP contribution in [0.25, 0.3) is 0 Å². The molecule has 0 saturated heterocycles. The van der Waals surface area contributed by atoms with Crippen molar-refractivity contribution in [1.82, 2.24) is 0 Å². The van der Waals surface area contributed by atoms with Gasteiger partial charge in [-0.25, -0.2) is 4.39 Å². The number of benzene rings is 1. The summed E-state index contributed by atoms with van der Waals surface area (Å²) < 4.78 is 17.7. The van der Waals surface area contributed by atoms with Crippen LogP contribution in [0.15, 0.2) is 24.3 Å². The highest BCUT2D eigenvalue weighted by Crippen LogP contribution is 2.25. The van der Waals surface area contributed by atoms with E-state index in [1.54, 1.807) is 18.2 Å². The summed E-state index contributed by atoms with van der Waals surface area (Å²) in [6.07, 6.45) is -0.462. The number of hydrogen-bond donors (Lipinski definition) is 0. The second-order valence-corrected chi connectivity index (χ2v) is 2.22. The molecule has 1 aromatic rings. The molecule has 1 rings (SSSR count). The highest BCUT2D eigenvalue weighted by atomic mass is 19.1. The number of methoxy groups -OCH3 is 1. The molecule has 0 aliphatic heterocycles. The molecular formula is C9H8FO2. The molecule has 1 atom stereocenters. The van der Waals surface area contributed by atoms with Gasteiger partial charge in [0.1, 0.15) is 5.75 Å². The van der Waals surface area contributed by atoms with E-state index in [1.165, 1.54) is 19.5 Å². The summed E-state index contributed by atoms with van der Waals surface area (Å²) >= 11 is 0. The van der Waals surface area contributed by atoms with Gasteiger partial charge in [-0.15, -0.1) is 0 Å². The Labute approximate surface area is 70.0 Å². The Hall–Kier alpha value is -1.38. The second-order valence-electron chi connectivity index (χ2n) is 2.22. The molecule has 2 nitrogen and oxygen atoms in total. The van der Waals surface area contributed by atoms with Crippen LogP contribution in [0.3, 0.4) is 0 Å². The molecule has 0 spiro atoms. The molecule has 0 bridgehead atoms. The molecule has 0 aliphatic rings. The van der Waals surface area contributed by atoms with Crippen LogP contribution >= 0.6 is 0 Å². The maximum Gasteiger partial charge on any atom is 0.240 e. The Morgan fingerprint density at radius 2 is 2.17 bits per heavy atom. The van der Waals surface area contributed by atoms with Gasteiger partial charge in [-0.1, -0.05) is 18.2 Å². The maximum absolute atomic E-state index is 12.8. The fourth-order valence-electron chi connectivity index (χ4n) is 0.939. The second kappa shape index (κ2) is 3.85. The number of halogens is 1. The predicted molar refractivity (Wildman–Crippen MR) is 42.5 cm³/mol. The van der Waals surface area contributed by atoms with Gasteiger partial charge in [-0.2, -0.15) is 0 Å². The molecule has 63 valence electrons. The Bertz CT molecular complexity index is 273. The van der Waals surface area contributed by atoms with Gasteiger partial charge in [0.15, 0.2) is 6.17 Å². The largest absolute Gasteiger partial charge is 0.496 e. The lowest BCUT2D eigenvalue weighted by Gasteiger charge is -2.06. The number of alkyl halides is 1. The lowest BCUT2D eigenvalue weighted by Crippen LogP contribution is -1.96. The summed E-state index contributed by atoms with van der Waals surface area (Å²) in [7, 11) is 1.43. The molecule has 1 unspecified atom stereocenters. The van der Waals surface area contributed by atoms with Crippen molar-refractivity contribution in [2.45, 2.75) is 6.17 Å². The van der Waals surface area contributed by atoms with Crippen molar-refractivity contribution in [3.05, 3.63) is 29.8 Å². The van der Waals surface area contributed by atoms with Crippen LogP contribution in [0.5, 0.6) is 5.75 Å². The van der Waals surface area contributed by atoms with E-state index in [9.17, 15) is 9.18 Å². The summed E-state index contributed by atoms with van der Waals surface area (Å²) in [4.78, 5) is 10.0. The minimum Gasteiger partial charge on any atom is -0.496 e. The first-order chi connectivity index (χ1) is 5.79. The van der Waals surface area contributed by atoms with Crippen LogP contribution in [0, 0.1) is 0 Å². The van der Waals surface area contributed by atoms with Crippen molar-refractivity contribution in [2.75, 3.05) is 7.11 Å². The summed E-state index contributed by atoms with van der Waals surface area (Å²) in [5, 5.41) is 0. The fraction of sp³-hybridized carbons (Fsp3) is 0.222. The van der Waals surface area contributed by atoms with Crippen LogP contribution in [0.4, 0.5) is 4.39 Å². The van der Waals surface area contributed by atoms with Crippen molar-refractivity contribution < 1.29 is 13.9 Å². The Morgan fingerprint density at radius 3 is 2.75 bits per heavy atom. The van der Waals surface area contributed by atoms with Gasteiger partial charge in [0, 0.05) is 5.56 Å². The standard InChI is InChI=1S/C9H8FO2/c1-12-9-5-3-2-4-7(9)8(10)6-11/h2-5,8H,1H3. The molecule has 0 N–H and O–H groups in total. The van der Waals surface area contributed by atoms with Gasteiger partial charge in [-0.3, -0.25) is 4.79 Å². The van der Waals surface area contributed by atoms with Gasteiger partial charge >= 0.3 is 0 Å². The van der Waals surface area contributed by atoms with Gasteiger partial charge < -0.3 is 4.74 Å². The first-order valence-corrected chi connectivity index (χ1v) is 3.44. The molecule has 0 aliphatic carbocycles. The average Bonchev–Trinajstić information content (AvgIpc) is 2.16. The summed E-state index contributed by atoms with van der Waals surface area (Å²) in [5.74, 6) is 0.369. The number of hydrogen-bond acceptors (Lipinski definition) is 2. The van der Waals surface area contributed by atoms with Gasteiger partial charge in [0.05, 0.1) is 7.11 Å². The molecule has 0 saturated carbocycles. The average molecular weight is 167 g/mol. The van der Waals surface area contributed by atoms with Crippen molar-refractivity contribution in [3.8, 4) is 5.75 Å². The summed E-state index contributed by atoms with van der Waals surface area (Å²) in [5.41, 5.74) is 0.218. The van der Waals surface area contributed by atoms with E-state index in [-0.39, 0.29) is 5.56 Å². The zero-order chi connectivity index (χ0) is 8.97. The Balaban J connectivity index is 3.04. The fourth-order valence-corrected chi connectivity index (χ4v) is 0.939. The van der Waals surface area contributed by atoms with E-state index >= 15 is 0 Å². The zero-order valence-corrected chi connectivity index (χ0v) is 6.58. The number of rotatable bonds is 3. The smallest absolute Gasteiger partial charge is 0.240 e. The molecule has 3 heteroatoms. The van der Waals surface area contributed by atoms with Crippen LogP contribution in [0.1, 0.15) is 11.7 Å². The quantitative estimate of drug-likeness (QED) is 0.686. The molecule has 1 radical (unpaired) electrons. The molecule has 1 aromatic carbocycles. The highest BCUT2D eigenvalue weighted by Gasteiger charge is 2.13.